The molecule has 8 nitrogen and oxygen atoms in total. The molecule has 0 spiro atoms. The number of carbonyl (C=O) groups is 2. The van der Waals surface area contributed by atoms with Gasteiger partial charge in [-0.25, -0.2) is 0 Å². The van der Waals surface area contributed by atoms with Crippen molar-refractivity contribution in [3.05, 3.63) is 77.4 Å². The molecule has 4 rings (SSSR count). The van der Waals surface area contributed by atoms with Crippen LogP contribution in [0.15, 0.2) is 59.1 Å². The number of methoxy groups -OCH3 is 1. The number of rotatable bonds is 8. The van der Waals surface area contributed by atoms with E-state index < -0.39 is 12.0 Å². The van der Waals surface area contributed by atoms with Gasteiger partial charge in [0, 0.05) is 19.5 Å². The highest BCUT2D eigenvalue weighted by molar-refractivity contribution is 5.89. The molecule has 1 aromatic heterocycles. The number of aromatic nitrogens is 2. The van der Waals surface area contributed by atoms with Gasteiger partial charge in [-0.1, -0.05) is 47.6 Å². The molecule has 1 aliphatic heterocycles. The molecule has 1 aliphatic rings. The second-order valence-electron chi connectivity index (χ2n) is 7.96. The summed E-state index contributed by atoms with van der Waals surface area (Å²) in [6.07, 6.45) is 0.728. The Bertz CT molecular complexity index is 1070. The minimum atomic E-state index is -0.415. The molecule has 0 bridgehead atoms. The van der Waals surface area contributed by atoms with Crippen LogP contribution in [0.2, 0.25) is 0 Å². The zero-order chi connectivity index (χ0) is 22.5. The summed E-state index contributed by atoms with van der Waals surface area (Å²) in [5.74, 6) is 1.06. The molecule has 0 saturated carbocycles. The van der Waals surface area contributed by atoms with Gasteiger partial charge in [-0.3, -0.25) is 9.59 Å². The average molecular weight is 434 g/mol. The van der Waals surface area contributed by atoms with E-state index in [-0.39, 0.29) is 18.2 Å². The number of carbonyl (C=O) groups excluding carboxylic acids is 2. The molecule has 0 aliphatic carbocycles. The first kappa shape index (κ1) is 21.5. The number of likely N-dealkylation sites (tertiary alicyclic amines) is 1. The standard InChI is InChI=1S/C24H26N4O4/c1-16(23-26-21(32-27-23)12-17-6-4-3-5-7-17)25-24(30)19-13-22(29)28(15-19)14-18-8-10-20(31-2)11-9-18/h3-11,16,19H,12-15H2,1-2H3,(H,25,30)/t16-,19-/m0/s1. The molecule has 2 heterocycles. The van der Waals surface area contributed by atoms with Crippen molar-refractivity contribution in [2.45, 2.75) is 32.4 Å². The quantitative estimate of drug-likeness (QED) is 0.586. The number of hydrogen-bond donors (Lipinski definition) is 1. The van der Waals surface area contributed by atoms with E-state index in [1.165, 1.54) is 0 Å². The summed E-state index contributed by atoms with van der Waals surface area (Å²) in [4.78, 5) is 31.3. The molecule has 0 radical (unpaired) electrons. The Morgan fingerprint density at radius 1 is 1.19 bits per heavy atom. The van der Waals surface area contributed by atoms with Crippen molar-refractivity contribution in [3.63, 3.8) is 0 Å². The largest absolute Gasteiger partial charge is 0.497 e. The van der Waals surface area contributed by atoms with Crippen LogP contribution in [-0.2, 0) is 22.6 Å². The monoisotopic (exact) mass is 434 g/mol. The summed E-state index contributed by atoms with van der Waals surface area (Å²) in [6.45, 7) is 2.66. The number of nitrogens with one attached hydrogen (secondary N) is 1. The SMILES string of the molecule is COc1ccc(CN2C[C@@H](C(=O)N[C@@H](C)c3noc(Cc4ccccc4)n3)CC2=O)cc1. The van der Waals surface area contributed by atoms with Crippen LogP contribution in [0.1, 0.15) is 42.2 Å². The van der Waals surface area contributed by atoms with Crippen LogP contribution in [0.25, 0.3) is 0 Å². The van der Waals surface area contributed by atoms with E-state index in [1.54, 1.807) is 18.9 Å². The molecule has 32 heavy (non-hydrogen) atoms. The van der Waals surface area contributed by atoms with Gasteiger partial charge in [0.05, 0.1) is 25.5 Å². The Labute approximate surface area is 186 Å². The molecule has 2 aromatic carbocycles. The smallest absolute Gasteiger partial charge is 0.231 e. The summed E-state index contributed by atoms with van der Waals surface area (Å²) >= 11 is 0. The second kappa shape index (κ2) is 9.64. The van der Waals surface area contributed by atoms with E-state index >= 15 is 0 Å². The molecular formula is C24H26N4O4. The summed E-state index contributed by atoms with van der Waals surface area (Å²) < 4.78 is 10.5. The van der Waals surface area contributed by atoms with Gasteiger partial charge in [-0.05, 0) is 30.2 Å². The first-order valence-electron chi connectivity index (χ1n) is 10.6. The fraction of sp³-hybridized carbons (Fsp3) is 0.333. The van der Waals surface area contributed by atoms with Crippen molar-refractivity contribution in [1.82, 2.24) is 20.4 Å². The molecule has 1 saturated heterocycles. The van der Waals surface area contributed by atoms with Crippen LogP contribution in [0.3, 0.4) is 0 Å². The van der Waals surface area contributed by atoms with Crippen LogP contribution in [0.5, 0.6) is 5.75 Å². The van der Waals surface area contributed by atoms with Crippen LogP contribution < -0.4 is 10.1 Å². The normalized spacial score (nSPS) is 16.8. The van der Waals surface area contributed by atoms with Gasteiger partial charge in [0.25, 0.3) is 0 Å². The van der Waals surface area contributed by atoms with Crippen molar-refractivity contribution >= 4 is 11.8 Å². The highest BCUT2D eigenvalue weighted by Gasteiger charge is 2.35. The topological polar surface area (TPSA) is 97.6 Å². The van der Waals surface area contributed by atoms with Crippen LogP contribution in [0.4, 0.5) is 0 Å². The Morgan fingerprint density at radius 3 is 2.66 bits per heavy atom. The van der Waals surface area contributed by atoms with Gasteiger partial charge < -0.3 is 19.5 Å². The van der Waals surface area contributed by atoms with Gasteiger partial charge in [-0.15, -0.1) is 0 Å². The predicted molar refractivity (Wildman–Crippen MR) is 117 cm³/mol. The Kier molecular flexibility index (Phi) is 6.49. The lowest BCUT2D eigenvalue weighted by atomic mass is 10.1. The minimum absolute atomic E-state index is 0.0293. The van der Waals surface area contributed by atoms with Crippen molar-refractivity contribution in [1.29, 1.82) is 0 Å². The Hall–Kier alpha value is -3.68. The molecule has 166 valence electrons. The number of ether oxygens (including phenoxy) is 1. The van der Waals surface area contributed by atoms with Crippen molar-refractivity contribution < 1.29 is 18.8 Å². The number of amides is 2. The highest BCUT2D eigenvalue weighted by atomic mass is 16.5. The van der Waals surface area contributed by atoms with Gasteiger partial charge >= 0.3 is 0 Å². The Balaban J connectivity index is 1.31. The molecular weight excluding hydrogens is 408 g/mol. The van der Waals surface area contributed by atoms with E-state index in [0.29, 0.717) is 31.2 Å². The van der Waals surface area contributed by atoms with Crippen molar-refractivity contribution in [2.75, 3.05) is 13.7 Å². The van der Waals surface area contributed by atoms with Gasteiger partial charge in [-0.2, -0.15) is 4.98 Å². The van der Waals surface area contributed by atoms with Crippen LogP contribution >= 0.6 is 0 Å². The van der Waals surface area contributed by atoms with Crippen molar-refractivity contribution in [3.8, 4) is 5.75 Å². The van der Waals surface area contributed by atoms with Crippen LogP contribution in [0, 0.1) is 5.92 Å². The Morgan fingerprint density at radius 2 is 1.94 bits per heavy atom. The van der Waals surface area contributed by atoms with Gasteiger partial charge in [0.15, 0.2) is 5.82 Å². The summed E-state index contributed by atoms with van der Waals surface area (Å²) in [5, 5.41) is 6.92. The lowest BCUT2D eigenvalue weighted by Crippen LogP contribution is -2.34. The molecule has 2 atom stereocenters. The lowest BCUT2D eigenvalue weighted by Gasteiger charge is -2.17. The fourth-order valence-corrected chi connectivity index (χ4v) is 3.73. The van der Waals surface area contributed by atoms with Gasteiger partial charge in [0.1, 0.15) is 5.75 Å². The maximum atomic E-state index is 12.8. The molecule has 0 unspecified atom stereocenters. The molecule has 3 aromatic rings. The number of hydrogen-bond acceptors (Lipinski definition) is 6. The summed E-state index contributed by atoms with van der Waals surface area (Å²) in [7, 11) is 1.61. The zero-order valence-electron chi connectivity index (χ0n) is 18.2. The minimum Gasteiger partial charge on any atom is -0.497 e. The van der Waals surface area contributed by atoms with Crippen molar-refractivity contribution in [2.24, 2.45) is 5.92 Å². The van der Waals surface area contributed by atoms with E-state index in [2.05, 4.69) is 15.5 Å². The third-order valence-corrected chi connectivity index (χ3v) is 5.55. The third-order valence-electron chi connectivity index (χ3n) is 5.55. The summed E-state index contributed by atoms with van der Waals surface area (Å²) in [5.41, 5.74) is 2.06. The van der Waals surface area contributed by atoms with Crippen LogP contribution in [-0.4, -0.2) is 40.5 Å². The molecule has 2 amide bonds. The van der Waals surface area contributed by atoms with E-state index in [9.17, 15) is 9.59 Å². The first-order valence-corrected chi connectivity index (χ1v) is 10.6. The first-order chi connectivity index (χ1) is 15.5. The highest BCUT2D eigenvalue weighted by Crippen LogP contribution is 2.22. The zero-order valence-corrected chi connectivity index (χ0v) is 18.2. The van der Waals surface area contributed by atoms with Gasteiger partial charge in [0.2, 0.25) is 17.7 Å². The molecule has 8 heteroatoms. The number of nitrogens with zero attached hydrogens (tertiary/aromatic N) is 3. The predicted octanol–water partition coefficient (Wildman–Crippen LogP) is 2.89. The average Bonchev–Trinajstić information content (AvgIpc) is 3.42. The second-order valence-corrected chi connectivity index (χ2v) is 7.96. The summed E-state index contributed by atoms with van der Waals surface area (Å²) in [6, 6.07) is 17.0. The molecule has 1 N–H and O–H groups in total. The maximum Gasteiger partial charge on any atom is 0.231 e. The van der Waals surface area contributed by atoms with E-state index in [4.69, 9.17) is 9.26 Å². The van der Waals surface area contributed by atoms with E-state index in [1.807, 2.05) is 54.6 Å². The fourth-order valence-electron chi connectivity index (χ4n) is 3.73. The van der Waals surface area contributed by atoms with E-state index in [0.717, 1.165) is 16.9 Å². The maximum absolute atomic E-state index is 12.8. The number of benzene rings is 2. The molecule has 1 fully saturated rings. The lowest BCUT2D eigenvalue weighted by molar-refractivity contribution is -0.129. The third kappa shape index (κ3) is 5.14.